The van der Waals surface area contributed by atoms with Crippen molar-refractivity contribution in [1.29, 1.82) is 0 Å². The second kappa shape index (κ2) is 6.06. The van der Waals surface area contributed by atoms with Crippen molar-refractivity contribution >= 4 is 5.91 Å². The Balaban J connectivity index is 2.61. The largest absolute Gasteiger partial charge is 0.508 e. The number of hydrogen-bond acceptors (Lipinski definition) is 3. The van der Waals surface area contributed by atoms with E-state index in [0.717, 1.165) is 5.56 Å². The fourth-order valence-electron chi connectivity index (χ4n) is 1.82. The first-order chi connectivity index (χ1) is 8.69. The molecule has 1 aromatic rings. The third-order valence-electron chi connectivity index (χ3n) is 2.76. The third-order valence-corrected chi connectivity index (χ3v) is 2.76. The molecular formula is C15H24N2O2. The Labute approximate surface area is 115 Å². The molecule has 0 radical (unpaired) electrons. The number of nitrogens with one attached hydrogen (secondary N) is 2. The molecule has 1 aromatic carbocycles. The third kappa shape index (κ3) is 5.30. The van der Waals surface area contributed by atoms with Crippen LogP contribution in [0.3, 0.4) is 0 Å². The molecule has 0 aromatic heterocycles. The van der Waals surface area contributed by atoms with Crippen LogP contribution in [0, 0.1) is 0 Å². The van der Waals surface area contributed by atoms with Gasteiger partial charge in [-0.3, -0.25) is 10.1 Å². The van der Waals surface area contributed by atoms with Gasteiger partial charge in [0.1, 0.15) is 5.75 Å². The van der Waals surface area contributed by atoms with Crippen LogP contribution in [0.2, 0.25) is 0 Å². The van der Waals surface area contributed by atoms with Gasteiger partial charge in [0.05, 0.1) is 6.04 Å². The summed E-state index contributed by atoms with van der Waals surface area (Å²) in [5.41, 5.74) is 0.719. The van der Waals surface area contributed by atoms with Crippen LogP contribution in [-0.4, -0.2) is 22.6 Å². The van der Waals surface area contributed by atoms with Crippen molar-refractivity contribution in [2.45, 2.75) is 52.2 Å². The summed E-state index contributed by atoms with van der Waals surface area (Å²) in [7, 11) is 0. The number of carbonyl (C=O) groups excluding carboxylic acids is 1. The van der Waals surface area contributed by atoms with Gasteiger partial charge in [0.2, 0.25) is 5.91 Å². The predicted molar refractivity (Wildman–Crippen MR) is 77.0 cm³/mol. The average Bonchev–Trinajstić information content (AvgIpc) is 2.26. The van der Waals surface area contributed by atoms with Gasteiger partial charge in [-0.15, -0.1) is 0 Å². The Hall–Kier alpha value is -1.55. The molecule has 0 bridgehead atoms. The number of amides is 1. The van der Waals surface area contributed by atoms with E-state index in [9.17, 15) is 9.90 Å². The van der Waals surface area contributed by atoms with Crippen molar-refractivity contribution in [1.82, 2.24) is 10.6 Å². The number of phenolic OH excluding ortho intramolecular Hbond substituents is 1. The fraction of sp³-hybridized carbons (Fsp3) is 0.533. The van der Waals surface area contributed by atoms with Crippen LogP contribution >= 0.6 is 0 Å². The van der Waals surface area contributed by atoms with E-state index in [1.165, 1.54) is 0 Å². The molecule has 0 aliphatic rings. The average molecular weight is 264 g/mol. The Morgan fingerprint density at radius 3 is 2.42 bits per heavy atom. The minimum atomic E-state index is -0.295. The smallest absolute Gasteiger partial charge is 0.237 e. The SMILES string of the molecule is CC(NC(C)c1cccc(O)c1)C(=O)NC(C)(C)C. The molecule has 0 heterocycles. The van der Waals surface area contributed by atoms with Gasteiger partial charge >= 0.3 is 0 Å². The van der Waals surface area contributed by atoms with Crippen molar-refractivity contribution in [3.05, 3.63) is 29.8 Å². The quantitative estimate of drug-likeness (QED) is 0.782. The Morgan fingerprint density at radius 2 is 1.89 bits per heavy atom. The van der Waals surface area contributed by atoms with Crippen molar-refractivity contribution in [2.75, 3.05) is 0 Å². The Kier molecular flexibility index (Phi) is 4.95. The van der Waals surface area contributed by atoms with Crippen LogP contribution in [0.5, 0.6) is 5.75 Å². The van der Waals surface area contributed by atoms with Gasteiger partial charge < -0.3 is 10.4 Å². The summed E-state index contributed by atoms with van der Waals surface area (Å²) in [5, 5.41) is 15.6. The molecule has 0 aliphatic heterocycles. The summed E-state index contributed by atoms with van der Waals surface area (Å²) in [5.74, 6) is 0.206. The molecule has 4 nitrogen and oxygen atoms in total. The second-order valence-electron chi connectivity index (χ2n) is 5.94. The number of phenols is 1. The number of aromatic hydroxyl groups is 1. The van der Waals surface area contributed by atoms with Crippen LogP contribution in [0.25, 0.3) is 0 Å². The van der Waals surface area contributed by atoms with Crippen LogP contribution in [0.15, 0.2) is 24.3 Å². The zero-order valence-corrected chi connectivity index (χ0v) is 12.3. The molecule has 0 saturated heterocycles. The van der Waals surface area contributed by atoms with Gasteiger partial charge in [-0.25, -0.2) is 0 Å². The Morgan fingerprint density at radius 1 is 1.26 bits per heavy atom. The Bertz CT molecular complexity index is 438. The molecule has 2 unspecified atom stereocenters. The summed E-state index contributed by atoms with van der Waals surface area (Å²) >= 11 is 0. The molecule has 3 N–H and O–H groups in total. The first-order valence-corrected chi connectivity index (χ1v) is 6.56. The number of carbonyl (C=O) groups is 1. The summed E-state index contributed by atoms with van der Waals surface area (Å²) in [6.07, 6.45) is 0. The summed E-state index contributed by atoms with van der Waals surface area (Å²) in [4.78, 5) is 12.0. The van der Waals surface area contributed by atoms with Crippen molar-refractivity contribution in [3.8, 4) is 5.75 Å². The van der Waals surface area contributed by atoms with Crippen molar-refractivity contribution in [2.24, 2.45) is 0 Å². The molecule has 1 amide bonds. The molecule has 4 heteroatoms. The van der Waals surface area contributed by atoms with Gasteiger partial charge in [0.15, 0.2) is 0 Å². The van der Waals surface area contributed by atoms with Gasteiger partial charge in [-0.2, -0.15) is 0 Å². The molecule has 106 valence electrons. The van der Waals surface area contributed by atoms with Gasteiger partial charge in [0, 0.05) is 11.6 Å². The van der Waals surface area contributed by atoms with E-state index in [-0.39, 0.29) is 29.3 Å². The van der Waals surface area contributed by atoms with E-state index in [0.29, 0.717) is 0 Å². The van der Waals surface area contributed by atoms with Crippen LogP contribution < -0.4 is 10.6 Å². The first-order valence-electron chi connectivity index (χ1n) is 6.56. The van der Waals surface area contributed by atoms with E-state index < -0.39 is 0 Å². The molecule has 2 atom stereocenters. The minimum absolute atomic E-state index is 0.00665. The monoisotopic (exact) mass is 264 g/mol. The lowest BCUT2D eigenvalue weighted by Crippen LogP contribution is -2.49. The summed E-state index contributed by atoms with van der Waals surface area (Å²) in [6, 6.07) is 6.75. The highest BCUT2D eigenvalue weighted by atomic mass is 16.3. The molecule has 0 fully saturated rings. The maximum atomic E-state index is 12.0. The topological polar surface area (TPSA) is 61.4 Å². The van der Waals surface area contributed by atoms with Gasteiger partial charge in [-0.05, 0) is 52.3 Å². The second-order valence-corrected chi connectivity index (χ2v) is 5.94. The highest BCUT2D eigenvalue weighted by molar-refractivity contribution is 5.81. The molecular weight excluding hydrogens is 240 g/mol. The number of hydrogen-bond donors (Lipinski definition) is 3. The minimum Gasteiger partial charge on any atom is -0.508 e. The maximum absolute atomic E-state index is 12.0. The zero-order valence-electron chi connectivity index (χ0n) is 12.3. The van der Waals surface area contributed by atoms with E-state index in [1.807, 2.05) is 40.7 Å². The maximum Gasteiger partial charge on any atom is 0.237 e. The molecule has 0 aliphatic carbocycles. The van der Waals surface area contributed by atoms with Crippen LogP contribution in [0.4, 0.5) is 0 Å². The summed E-state index contributed by atoms with van der Waals surface area (Å²) in [6.45, 7) is 9.67. The van der Waals surface area contributed by atoms with Gasteiger partial charge in [0.25, 0.3) is 0 Å². The van der Waals surface area contributed by atoms with Gasteiger partial charge in [-0.1, -0.05) is 12.1 Å². The van der Waals surface area contributed by atoms with E-state index in [2.05, 4.69) is 10.6 Å². The van der Waals surface area contributed by atoms with Crippen LogP contribution in [0.1, 0.15) is 46.2 Å². The highest BCUT2D eigenvalue weighted by Crippen LogP contribution is 2.18. The highest BCUT2D eigenvalue weighted by Gasteiger charge is 2.20. The zero-order chi connectivity index (χ0) is 14.6. The summed E-state index contributed by atoms with van der Waals surface area (Å²) < 4.78 is 0. The molecule has 0 saturated carbocycles. The predicted octanol–water partition coefficient (Wildman–Crippen LogP) is 2.35. The van der Waals surface area contributed by atoms with E-state index >= 15 is 0 Å². The first kappa shape index (κ1) is 15.5. The lowest BCUT2D eigenvalue weighted by molar-refractivity contribution is -0.124. The lowest BCUT2D eigenvalue weighted by atomic mass is 10.1. The fourth-order valence-corrected chi connectivity index (χ4v) is 1.82. The molecule has 19 heavy (non-hydrogen) atoms. The van der Waals surface area contributed by atoms with E-state index in [4.69, 9.17) is 0 Å². The molecule has 1 rings (SSSR count). The standard InChI is InChI=1S/C15H24N2O2/c1-10(12-7-6-8-13(18)9-12)16-11(2)14(19)17-15(3,4)5/h6-11,16,18H,1-5H3,(H,17,19). The molecule has 0 spiro atoms. The van der Waals surface area contributed by atoms with E-state index in [1.54, 1.807) is 18.2 Å². The van der Waals surface area contributed by atoms with Crippen LogP contribution in [-0.2, 0) is 4.79 Å². The normalized spacial score (nSPS) is 14.8. The number of rotatable bonds is 4. The number of benzene rings is 1. The van der Waals surface area contributed by atoms with Crippen molar-refractivity contribution in [3.63, 3.8) is 0 Å². The van der Waals surface area contributed by atoms with Crippen molar-refractivity contribution < 1.29 is 9.90 Å². The lowest BCUT2D eigenvalue weighted by Gasteiger charge is -2.25.